The number of thiophene rings is 1. The van der Waals surface area contributed by atoms with Crippen LogP contribution in [0.25, 0.3) is 32.6 Å². The lowest BCUT2D eigenvalue weighted by Crippen LogP contribution is -2.06. The van der Waals surface area contributed by atoms with Gasteiger partial charge in [0, 0.05) is 46.0 Å². The first-order chi connectivity index (χ1) is 14.2. The van der Waals surface area contributed by atoms with Crippen molar-refractivity contribution in [3.8, 4) is 11.4 Å². The summed E-state index contributed by atoms with van der Waals surface area (Å²) in [6, 6.07) is 12.6. The summed E-state index contributed by atoms with van der Waals surface area (Å²) in [5.74, 6) is 1.45. The molecule has 5 aromatic rings. The molecule has 0 fully saturated rings. The highest BCUT2D eigenvalue weighted by molar-refractivity contribution is 7.17. The van der Waals surface area contributed by atoms with Crippen LogP contribution in [0.2, 0.25) is 0 Å². The molecule has 0 aliphatic carbocycles. The van der Waals surface area contributed by atoms with E-state index in [1.54, 1.807) is 17.5 Å². The van der Waals surface area contributed by atoms with E-state index < -0.39 is 0 Å². The minimum atomic E-state index is 0.258. The fraction of sp³-hybridized carbons (Fsp3) is 0.182. The lowest BCUT2D eigenvalue weighted by molar-refractivity contribution is 0.613. The molecule has 5 rings (SSSR count). The van der Waals surface area contributed by atoms with Crippen LogP contribution in [0, 0.1) is 0 Å². The number of imidazole rings is 1. The van der Waals surface area contributed by atoms with Crippen LogP contribution >= 0.6 is 11.3 Å². The molecule has 1 aromatic carbocycles. The number of hydrogen-bond acceptors (Lipinski definition) is 6. The maximum atomic E-state index is 4.91. The number of aromatic nitrogens is 5. The number of hydrogen-bond donors (Lipinski definition) is 1. The van der Waals surface area contributed by atoms with E-state index in [-0.39, 0.29) is 6.04 Å². The highest BCUT2D eigenvalue weighted by Crippen LogP contribution is 2.34. The average molecular weight is 401 g/mol. The third-order valence-electron chi connectivity index (χ3n) is 4.88. The summed E-state index contributed by atoms with van der Waals surface area (Å²) in [6.45, 7) is 4.88. The van der Waals surface area contributed by atoms with Crippen LogP contribution in [0.1, 0.15) is 25.5 Å². The number of anilines is 1. The monoisotopic (exact) mass is 400 g/mol. The van der Waals surface area contributed by atoms with Crippen LogP contribution in [0.5, 0.6) is 0 Å². The Morgan fingerprint density at radius 1 is 1.10 bits per heavy atom. The third kappa shape index (κ3) is 3.23. The zero-order valence-corrected chi connectivity index (χ0v) is 17.0. The van der Waals surface area contributed by atoms with Crippen molar-refractivity contribution in [2.45, 2.75) is 26.4 Å². The molecule has 0 spiro atoms. The van der Waals surface area contributed by atoms with Crippen molar-refractivity contribution in [3.63, 3.8) is 0 Å². The van der Waals surface area contributed by atoms with Crippen molar-refractivity contribution in [3.05, 3.63) is 66.1 Å². The lowest BCUT2D eigenvalue weighted by atomic mass is 10.1. The molecule has 0 saturated carbocycles. The van der Waals surface area contributed by atoms with Gasteiger partial charge in [0.25, 0.3) is 0 Å². The van der Waals surface area contributed by atoms with E-state index in [9.17, 15) is 0 Å². The van der Waals surface area contributed by atoms with Gasteiger partial charge in [-0.2, -0.15) is 0 Å². The van der Waals surface area contributed by atoms with Crippen molar-refractivity contribution >= 4 is 38.4 Å². The topological polar surface area (TPSA) is 68.5 Å². The van der Waals surface area contributed by atoms with E-state index >= 15 is 0 Å². The second kappa shape index (κ2) is 7.25. The summed E-state index contributed by atoms with van der Waals surface area (Å²) in [4.78, 5) is 18.6. The molecule has 0 aliphatic heterocycles. The fourth-order valence-electron chi connectivity index (χ4n) is 3.38. The summed E-state index contributed by atoms with van der Waals surface area (Å²) in [6.07, 6.45) is 5.47. The van der Waals surface area contributed by atoms with Gasteiger partial charge < -0.3 is 9.88 Å². The Labute approximate surface area is 172 Å². The molecule has 0 radical (unpaired) electrons. The minimum Gasteiger partial charge on any atom is -0.364 e. The molecular weight excluding hydrogens is 380 g/mol. The van der Waals surface area contributed by atoms with Crippen LogP contribution in [0.4, 0.5) is 5.82 Å². The summed E-state index contributed by atoms with van der Waals surface area (Å²) in [7, 11) is 0. The van der Waals surface area contributed by atoms with Crippen molar-refractivity contribution in [2.24, 2.45) is 0 Å². The molecule has 0 amide bonds. The highest BCUT2D eigenvalue weighted by atomic mass is 32.1. The number of pyridine rings is 1. The Bertz CT molecular complexity index is 1290. The fourth-order valence-corrected chi connectivity index (χ4v) is 4.32. The molecule has 4 heterocycles. The maximum Gasteiger partial charge on any atom is 0.166 e. The van der Waals surface area contributed by atoms with Gasteiger partial charge in [-0.05, 0) is 31.5 Å². The largest absolute Gasteiger partial charge is 0.364 e. The first-order valence-electron chi connectivity index (χ1n) is 9.54. The van der Waals surface area contributed by atoms with E-state index in [4.69, 9.17) is 9.97 Å². The van der Waals surface area contributed by atoms with E-state index in [0.29, 0.717) is 12.4 Å². The Morgan fingerprint density at radius 3 is 2.83 bits per heavy atom. The minimum absolute atomic E-state index is 0.258. The number of fused-ring (bicyclic) bond motifs is 2. The standard InChI is InChI=1S/C22H20N6S/c1-14(2)28-13-25-19-21(24-11-15-6-5-9-23-10-15)26-20(27-22(19)28)17-12-29-18-8-4-3-7-16(17)18/h3-10,12-14H,11H2,1-2H3,(H,24,26,27). The third-order valence-corrected chi connectivity index (χ3v) is 5.85. The van der Waals surface area contributed by atoms with Gasteiger partial charge in [-0.15, -0.1) is 11.3 Å². The number of benzene rings is 1. The Morgan fingerprint density at radius 2 is 2.00 bits per heavy atom. The van der Waals surface area contributed by atoms with E-state index in [1.807, 2.05) is 24.7 Å². The quantitative estimate of drug-likeness (QED) is 0.434. The van der Waals surface area contributed by atoms with E-state index in [1.165, 1.54) is 10.1 Å². The van der Waals surface area contributed by atoms with Gasteiger partial charge in [0.05, 0.1) is 6.33 Å². The predicted octanol–water partition coefficient (Wildman–Crippen LogP) is 5.30. The zero-order valence-electron chi connectivity index (χ0n) is 16.2. The average Bonchev–Trinajstić information content (AvgIpc) is 3.37. The van der Waals surface area contributed by atoms with E-state index in [2.05, 4.69) is 63.3 Å². The summed E-state index contributed by atoms with van der Waals surface area (Å²) in [5, 5.41) is 6.75. The van der Waals surface area contributed by atoms with Gasteiger partial charge in [-0.3, -0.25) is 4.98 Å². The molecule has 0 unspecified atom stereocenters. The van der Waals surface area contributed by atoms with Gasteiger partial charge in [-0.1, -0.05) is 24.3 Å². The van der Waals surface area contributed by atoms with Gasteiger partial charge in [0.15, 0.2) is 17.3 Å². The molecule has 0 bridgehead atoms. The molecule has 7 heteroatoms. The van der Waals surface area contributed by atoms with Crippen LogP contribution in [0.15, 0.2) is 60.5 Å². The van der Waals surface area contributed by atoms with Gasteiger partial charge in [0.1, 0.15) is 5.52 Å². The predicted molar refractivity (Wildman–Crippen MR) is 118 cm³/mol. The lowest BCUT2D eigenvalue weighted by Gasteiger charge is -2.11. The molecular formula is C22H20N6S. The Kier molecular flexibility index (Phi) is 4.44. The molecule has 0 atom stereocenters. The van der Waals surface area contributed by atoms with Gasteiger partial charge >= 0.3 is 0 Å². The van der Waals surface area contributed by atoms with Crippen molar-refractivity contribution < 1.29 is 0 Å². The number of nitrogens with one attached hydrogen (secondary N) is 1. The van der Waals surface area contributed by atoms with Crippen LogP contribution in [0.3, 0.4) is 0 Å². The zero-order chi connectivity index (χ0) is 19.8. The molecule has 0 aliphatic rings. The first kappa shape index (κ1) is 17.8. The van der Waals surface area contributed by atoms with Crippen LogP contribution in [-0.4, -0.2) is 24.5 Å². The first-order valence-corrected chi connectivity index (χ1v) is 10.4. The molecule has 4 aromatic heterocycles. The highest BCUT2D eigenvalue weighted by Gasteiger charge is 2.17. The summed E-state index contributed by atoms with van der Waals surface area (Å²) in [5.41, 5.74) is 3.76. The summed E-state index contributed by atoms with van der Waals surface area (Å²) < 4.78 is 3.32. The van der Waals surface area contributed by atoms with Gasteiger partial charge in [0.2, 0.25) is 0 Å². The van der Waals surface area contributed by atoms with Crippen LogP contribution < -0.4 is 5.32 Å². The summed E-state index contributed by atoms with van der Waals surface area (Å²) >= 11 is 1.71. The van der Waals surface area contributed by atoms with Gasteiger partial charge in [-0.25, -0.2) is 15.0 Å². The Balaban J connectivity index is 1.65. The molecule has 144 valence electrons. The van der Waals surface area contributed by atoms with Crippen molar-refractivity contribution in [2.75, 3.05) is 5.32 Å². The number of nitrogens with zero attached hydrogens (tertiary/aromatic N) is 5. The normalized spacial score (nSPS) is 11.6. The second-order valence-corrected chi connectivity index (χ2v) is 8.09. The van der Waals surface area contributed by atoms with E-state index in [0.717, 1.165) is 28.1 Å². The Hall–Kier alpha value is -3.32. The second-order valence-electron chi connectivity index (χ2n) is 7.17. The molecule has 0 saturated heterocycles. The van der Waals surface area contributed by atoms with Crippen molar-refractivity contribution in [1.82, 2.24) is 24.5 Å². The molecule has 6 nitrogen and oxygen atoms in total. The molecule has 29 heavy (non-hydrogen) atoms. The molecule has 1 N–H and O–H groups in total. The van der Waals surface area contributed by atoms with Crippen LogP contribution in [-0.2, 0) is 6.54 Å². The smallest absolute Gasteiger partial charge is 0.166 e. The SMILES string of the molecule is CC(C)n1cnc2c(NCc3cccnc3)nc(-c3csc4ccccc34)nc21. The van der Waals surface area contributed by atoms with Crippen molar-refractivity contribution in [1.29, 1.82) is 0 Å². The number of rotatable bonds is 5. The maximum absolute atomic E-state index is 4.91.